The van der Waals surface area contributed by atoms with Gasteiger partial charge >= 0.3 is 0 Å². The molecule has 0 radical (unpaired) electrons. The molecule has 2 saturated heterocycles. The van der Waals surface area contributed by atoms with Gasteiger partial charge in [0.05, 0.1) is 12.5 Å². The molecular weight excluding hydrogens is 340 g/mol. The summed E-state index contributed by atoms with van der Waals surface area (Å²) in [6.45, 7) is 6.29. The summed E-state index contributed by atoms with van der Waals surface area (Å²) < 4.78 is 5.48. The standard InChI is InChI=1S/C21H28N4O2/c1-16-7-5-8-17(13-16)20-22-19(27-23-20)15-24-10-6-9-18(14-24)21(26)25-11-3-2-4-12-25/h5,7-8,13,18H,2-4,6,9-12,14-15H2,1H3. The molecule has 27 heavy (non-hydrogen) atoms. The first-order valence-corrected chi connectivity index (χ1v) is 10.1. The van der Waals surface area contributed by atoms with Crippen LogP contribution in [0.15, 0.2) is 28.8 Å². The van der Waals surface area contributed by atoms with Crippen molar-refractivity contribution in [3.8, 4) is 11.4 Å². The first kappa shape index (κ1) is 18.2. The molecule has 1 aromatic carbocycles. The minimum Gasteiger partial charge on any atom is -0.342 e. The van der Waals surface area contributed by atoms with Crippen molar-refractivity contribution in [2.24, 2.45) is 5.92 Å². The van der Waals surface area contributed by atoms with Gasteiger partial charge < -0.3 is 9.42 Å². The topological polar surface area (TPSA) is 62.5 Å². The number of aryl methyl sites for hydroxylation is 1. The Labute approximate surface area is 160 Å². The van der Waals surface area contributed by atoms with Crippen LogP contribution in [0.1, 0.15) is 43.6 Å². The van der Waals surface area contributed by atoms with Crippen LogP contribution in [0.4, 0.5) is 0 Å². The van der Waals surface area contributed by atoms with E-state index in [0.29, 0.717) is 24.2 Å². The smallest absolute Gasteiger partial charge is 0.241 e. The van der Waals surface area contributed by atoms with Crippen LogP contribution in [0.2, 0.25) is 0 Å². The van der Waals surface area contributed by atoms with E-state index in [-0.39, 0.29) is 5.92 Å². The van der Waals surface area contributed by atoms with Crippen LogP contribution < -0.4 is 0 Å². The van der Waals surface area contributed by atoms with Gasteiger partial charge in [0, 0.05) is 25.2 Å². The van der Waals surface area contributed by atoms with Crippen molar-refractivity contribution < 1.29 is 9.32 Å². The Morgan fingerprint density at radius 1 is 1.19 bits per heavy atom. The van der Waals surface area contributed by atoms with Gasteiger partial charge in [-0.3, -0.25) is 9.69 Å². The van der Waals surface area contributed by atoms with Crippen molar-refractivity contribution in [3.05, 3.63) is 35.7 Å². The maximum Gasteiger partial charge on any atom is 0.241 e. The van der Waals surface area contributed by atoms with Gasteiger partial charge in [0.2, 0.25) is 17.6 Å². The zero-order valence-electron chi connectivity index (χ0n) is 16.1. The van der Waals surface area contributed by atoms with Crippen molar-refractivity contribution in [3.63, 3.8) is 0 Å². The second kappa shape index (κ2) is 8.21. The highest BCUT2D eigenvalue weighted by Gasteiger charge is 2.30. The quantitative estimate of drug-likeness (QED) is 0.829. The number of hydrogen-bond acceptors (Lipinski definition) is 5. The van der Waals surface area contributed by atoms with E-state index in [9.17, 15) is 4.79 Å². The summed E-state index contributed by atoms with van der Waals surface area (Å²) >= 11 is 0. The van der Waals surface area contributed by atoms with Gasteiger partial charge in [0.15, 0.2) is 0 Å². The Kier molecular flexibility index (Phi) is 5.53. The van der Waals surface area contributed by atoms with Crippen molar-refractivity contribution in [1.82, 2.24) is 19.9 Å². The second-order valence-electron chi connectivity index (χ2n) is 7.84. The summed E-state index contributed by atoms with van der Waals surface area (Å²) in [7, 11) is 0. The summed E-state index contributed by atoms with van der Waals surface area (Å²) in [5.74, 6) is 1.70. The SMILES string of the molecule is Cc1cccc(-c2noc(CN3CCCC(C(=O)N4CCCCC4)C3)n2)c1. The van der Waals surface area contributed by atoms with Gasteiger partial charge in [-0.2, -0.15) is 4.98 Å². The molecule has 1 aromatic heterocycles. The number of rotatable bonds is 4. The molecule has 0 aliphatic carbocycles. The maximum absolute atomic E-state index is 12.8. The summed E-state index contributed by atoms with van der Waals surface area (Å²) in [6.07, 6.45) is 5.58. The Bertz CT molecular complexity index is 782. The molecule has 0 spiro atoms. The number of nitrogens with zero attached hydrogens (tertiary/aromatic N) is 4. The Balaban J connectivity index is 1.37. The fourth-order valence-electron chi connectivity index (χ4n) is 4.18. The number of aromatic nitrogens is 2. The van der Waals surface area contributed by atoms with E-state index >= 15 is 0 Å². The molecule has 2 aromatic rings. The number of hydrogen-bond donors (Lipinski definition) is 0. The summed E-state index contributed by atoms with van der Waals surface area (Å²) in [5, 5.41) is 4.13. The maximum atomic E-state index is 12.8. The predicted molar refractivity (Wildman–Crippen MR) is 103 cm³/mol. The third kappa shape index (κ3) is 4.38. The van der Waals surface area contributed by atoms with E-state index in [4.69, 9.17) is 4.52 Å². The van der Waals surface area contributed by atoms with Crippen LogP contribution in [0, 0.1) is 12.8 Å². The van der Waals surface area contributed by atoms with E-state index < -0.39 is 0 Å². The summed E-state index contributed by atoms with van der Waals surface area (Å²) in [6, 6.07) is 8.11. The van der Waals surface area contributed by atoms with Crippen molar-refractivity contribution >= 4 is 5.91 Å². The van der Waals surface area contributed by atoms with Gasteiger partial charge in [-0.1, -0.05) is 28.9 Å². The Hall–Kier alpha value is -2.21. The molecule has 1 unspecified atom stereocenters. The van der Waals surface area contributed by atoms with E-state index in [1.165, 1.54) is 12.0 Å². The van der Waals surface area contributed by atoms with Gasteiger partial charge in [0.1, 0.15) is 0 Å². The molecule has 3 heterocycles. The van der Waals surface area contributed by atoms with E-state index in [1.54, 1.807) is 0 Å². The van der Waals surface area contributed by atoms with E-state index in [1.807, 2.05) is 12.1 Å². The lowest BCUT2D eigenvalue weighted by Crippen LogP contribution is -2.46. The number of carbonyl (C=O) groups is 1. The monoisotopic (exact) mass is 368 g/mol. The number of amides is 1. The molecule has 0 N–H and O–H groups in total. The minimum absolute atomic E-state index is 0.107. The number of piperidine rings is 2. The van der Waals surface area contributed by atoms with Crippen LogP contribution in [0.5, 0.6) is 0 Å². The van der Waals surface area contributed by atoms with Crippen LogP contribution in [-0.4, -0.2) is 52.0 Å². The van der Waals surface area contributed by atoms with Crippen LogP contribution in [0.3, 0.4) is 0 Å². The fourth-order valence-corrected chi connectivity index (χ4v) is 4.18. The van der Waals surface area contributed by atoms with Crippen molar-refractivity contribution in [2.45, 2.75) is 45.6 Å². The van der Waals surface area contributed by atoms with Gasteiger partial charge in [-0.05, 0) is 51.6 Å². The minimum atomic E-state index is 0.107. The fraction of sp³-hybridized carbons (Fsp3) is 0.571. The van der Waals surface area contributed by atoms with Crippen molar-refractivity contribution in [1.29, 1.82) is 0 Å². The second-order valence-corrected chi connectivity index (χ2v) is 7.84. The van der Waals surface area contributed by atoms with Gasteiger partial charge in [-0.15, -0.1) is 0 Å². The average Bonchev–Trinajstić information content (AvgIpc) is 3.17. The number of benzene rings is 1. The number of carbonyl (C=O) groups excluding carboxylic acids is 1. The van der Waals surface area contributed by atoms with E-state index in [2.05, 4.69) is 39.0 Å². The van der Waals surface area contributed by atoms with Crippen LogP contribution in [0.25, 0.3) is 11.4 Å². The number of likely N-dealkylation sites (tertiary alicyclic amines) is 2. The molecule has 2 aliphatic heterocycles. The molecule has 0 bridgehead atoms. The third-order valence-corrected chi connectivity index (χ3v) is 5.63. The zero-order chi connectivity index (χ0) is 18.6. The van der Waals surface area contributed by atoms with Crippen molar-refractivity contribution in [2.75, 3.05) is 26.2 Å². The molecule has 6 nitrogen and oxygen atoms in total. The first-order chi connectivity index (χ1) is 13.2. The molecule has 0 saturated carbocycles. The van der Waals surface area contributed by atoms with Gasteiger partial charge in [0.25, 0.3) is 0 Å². The molecule has 2 fully saturated rings. The lowest BCUT2D eigenvalue weighted by molar-refractivity contribution is -0.138. The third-order valence-electron chi connectivity index (χ3n) is 5.63. The molecule has 1 amide bonds. The Morgan fingerprint density at radius 2 is 2.04 bits per heavy atom. The largest absolute Gasteiger partial charge is 0.342 e. The molecular formula is C21H28N4O2. The summed E-state index contributed by atoms with van der Waals surface area (Å²) in [4.78, 5) is 21.7. The highest BCUT2D eigenvalue weighted by atomic mass is 16.5. The molecule has 1 atom stereocenters. The van der Waals surface area contributed by atoms with Crippen LogP contribution in [-0.2, 0) is 11.3 Å². The normalized spacial score (nSPS) is 21.4. The van der Waals surface area contributed by atoms with E-state index in [0.717, 1.165) is 57.4 Å². The highest BCUT2D eigenvalue weighted by Crippen LogP contribution is 2.23. The Morgan fingerprint density at radius 3 is 2.85 bits per heavy atom. The highest BCUT2D eigenvalue weighted by molar-refractivity contribution is 5.79. The molecule has 6 heteroatoms. The molecule has 2 aliphatic rings. The lowest BCUT2D eigenvalue weighted by Gasteiger charge is -2.35. The van der Waals surface area contributed by atoms with Crippen LogP contribution >= 0.6 is 0 Å². The molecule has 144 valence electrons. The lowest BCUT2D eigenvalue weighted by atomic mass is 9.95. The first-order valence-electron chi connectivity index (χ1n) is 10.1. The zero-order valence-corrected chi connectivity index (χ0v) is 16.1. The summed E-state index contributed by atoms with van der Waals surface area (Å²) in [5.41, 5.74) is 2.15. The average molecular weight is 368 g/mol. The molecule has 4 rings (SSSR count). The van der Waals surface area contributed by atoms with Gasteiger partial charge in [-0.25, -0.2) is 0 Å². The predicted octanol–water partition coefficient (Wildman–Crippen LogP) is 3.27.